The zero-order valence-electron chi connectivity index (χ0n) is 33.5. The molecule has 7 aliphatic rings. The van der Waals surface area contributed by atoms with Crippen LogP contribution in [0.4, 0.5) is 11.4 Å². The average Bonchev–Trinajstić information content (AvgIpc) is 3.63. The van der Waals surface area contributed by atoms with E-state index in [-0.39, 0.29) is 23.6 Å². The second-order valence-corrected chi connectivity index (χ2v) is 16.9. The quantitative estimate of drug-likeness (QED) is 0.159. The summed E-state index contributed by atoms with van der Waals surface area (Å²) in [4.78, 5) is 69.1. The number of rotatable bonds is 14. The molecule has 4 aliphatic heterocycles. The number of benzene rings is 2. The number of hydrogen-bond acceptors (Lipinski definition) is 10. The van der Waals surface area contributed by atoms with Gasteiger partial charge in [0.2, 0.25) is 23.6 Å². The van der Waals surface area contributed by atoms with Crippen molar-refractivity contribution < 1.29 is 28.7 Å². The Labute approximate surface area is 331 Å². The fourth-order valence-electron chi connectivity index (χ4n) is 11.1. The Balaban J connectivity index is 0.822. The van der Waals surface area contributed by atoms with Crippen LogP contribution in [-0.4, -0.2) is 136 Å². The molecule has 9 rings (SSSR count). The number of nitrogens with zero attached hydrogens (tertiary/aromatic N) is 6. The molecule has 1 saturated carbocycles. The van der Waals surface area contributed by atoms with Gasteiger partial charge in [-0.2, -0.15) is 0 Å². The molecule has 3 aliphatic carbocycles. The first-order valence-corrected chi connectivity index (χ1v) is 20.8. The van der Waals surface area contributed by atoms with Crippen LogP contribution in [0.5, 0.6) is 11.5 Å². The number of imide groups is 2. The maximum Gasteiger partial charge on any atom is 0.234 e. The minimum Gasteiger partial charge on any atom is -0.495 e. The van der Waals surface area contributed by atoms with Gasteiger partial charge in [0.05, 0.1) is 49.3 Å². The maximum atomic E-state index is 14.1. The molecule has 0 radical (unpaired) electrons. The Bertz CT molecular complexity index is 1730. The summed E-state index contributed by atoms with van der Waals surface area (Å²) >= 11 is 0. The third-order valence-electron chi connectivity index (χ3n) is 13.9. The fraction of sp³-hybridized carbons (Fsp3) is 0.591. The summed E-state index contributed by atoms with van der Waals surface area (Å²) in [5.74, 6) is -1.61. The highest BCUT2D eigenvalue weighted by atomic mass is 16.5. The normalized spacial score (nSPS) is 29.3. The third-order valence-corrected chi connectivity index (χ3v) is 13.9. The van der Waals surface area contributed by atoms with Crippen LogP contribution >= 0.6 is 0 Å². The highest BCUT2D eigenvalue weighted by Crippen LogP contribution is 2.65. The van der Waals surface area contributed by atoms with Crippen LogP contribution in [0.15, 0.2) is 60.2 Å². The lowest BCUT2D eigenvalue weighted by Crippen LogP contribution is -2.57. The first-order valence-electron chi connectivity index (χ1n) is 20.8. The van der Waals surface area contributed by atoms with Crippen LogP contribution in [0.1, 0.15) is 39.5 Å². The van der Waals surface area contributed by atoms with E-state index in [9.17, 15) is 19.2 Å². The highest BCUT2D eigenvalue weighted by molar-refractivity contribution is 6.11. The van der Waals surface area contributed by atoms with Crippen molar-refractivity contribution in [2.75, 3.05) is 103 Å². The topological polar surface area (TPSA) is 106 Å². The van der Waals surface area contributed by atoms with Gasteiger partial charge in [0.1, 0.15) is 11.5 Å². The van der Waals surface area contributed by atoms with Gasteiger partial charge >= 0.3 is 0 Å². The van der Waals surface area contributed by atoms with Crippen LogP contribution in [0.25, 0.3) is 0 Å². The van der Waals surface area contributed by atoms with Gasteiger partial charge in [0, 0.05) is 76.8 Å². The van der Waals surface area contributed by atoms with Crippen LogP contribution in [0.2, 0.25) is 0 Å². The summed E-state index contributed by atoms with van der Waals surface area (Å²) < 4.78 is 11.1. The molecule has 2 aromatic carbocycles. The van der Waals surface area contributed by atoms with Gasteiger partial charge in [-0.25, -0.2) is 0 Å². The van der Waals surface area contributed by atoms with Gasteiger partial charge in [-0.05, 0) is 70.0 Å². The van der Waals surface area contributed by atoms with E-state index < -0.39 is 35.0 Å². The molecule has 4 heterocycles. The number of hydrogen-bond donors (Lipinski definition) is 0. The van der Waals surface area contributed by atoms with Gasteiger partial charge < -0.3 is 19.3 Å². The van der Waals surface area contributed by atoms with E-state index in [1.54, 1.807) is 14.2 Å². The average molecular weight is 767 g/mol. The standard InChI is InChI=1S/C44H58N6O6/c1-30-29-44(2)38-36(40(51)49(42(38)53)19-11-9-17-45-21-25-47(26-22-45)31-13-5-7-15-33(31)55-3)35(30)37-39(44)43(54)50(41(37)52)20-12-10-18-46-23-27-48(28-24-46)32-14-6-8-16-34(32)56-4/h5-8,13-16,29,35-39H,9-12,17-28H2,1-4H3. The molecule has 5 fully saturated rings. The Morgan fingerprint density at radius 3 is 1.36 bits per heavy atom. The number of unbranched alkanes of at least 4 members (excludes halogenated alkanes) is 2. The molecule has 4 atom stereocenters. The number of carbonyl (C=O) groups is 4. The molecule has 12 heteroatoms. The number of ether oxygens (including phenoxy) is 2. The molecular formula is C44H58N6O6. The van der Waals surface area contributed by atoms with Crippen molar-refractivity contribution in [3.8, 4) is 11.5 Å². The summed E-state index contributed by atoms with van der Waals surface area (Å²) in [6.45, 7) is 14.0. The molecular weight excluding hydrogens is 709 g/mol. The minimum atomic E-state index is -0.862. The molecule has 2 aromatic rings. The van der Waals surface area contributed by atoms with E-state index >= 15 is 0 Å². The summed E-state index contributed by atoms with van der Waals surface area (Å²) in [5.41, 5.74) is 2.36. The number of piperazine rings is 2. The molecule has 300 valence electrons. The zero-order valence-corrected chi connectivity index (χ0v) is 33.5. The van der Waals surface area contributed by atoms with Crippen LogP contribution in [0, 0.1) is 35.0 Å². The van der Waals surface area contributed by atoms with Crippen LogP contribution in [0.3, 0.4) is 0 Å². The van der Waals surface area contributed by atoms with Gasteiger partial charge in [0.25, 0.3) is 0 Å². The van der Waals surface area contributed by atoms with Crippen molar-refractivity contribution in [1.29, 1.82) is 0 Å². The molecule has 4 saturated heterocycles. The Hall–Kier alpha value is -4.42. The monoisotopic (exact) mass is 766 g/mol. The van der Waals surface area contributed by atoms with Crippen molar-refractivity contribution in [3.05, 3.63) is 60.2 Å². The predicted octanol–water partition coefficient (Wildman–Crippen LogP) is 4.01. The molecule has 0 spiro atoms. The molecule has 4 amide bonds. The van der Waals surface area contributed by atoms with E-state index in [0.29, 0.717) is 13.1 Å². The Kier molecular flexibility index (Phi) is 10.9. The molecule has 12 nitrogen and oxygen atoms in total. The van der Waals surface area contributed by atoms with E-state index in [1.165, 1.54) is 9.80 Å². The lowest BCUT2D eigenvalue weighted by molar-refractivity contribution is -0.146. The van der Waals surface area contributed by atoms with Crippen molar-refractivity contribution in [2.45, 2.75) is 39.5 Å². The highest BCUT2D eigenvalue weighted by Gasteiger charge is 2.73. The predicted molar refractivity (Wildman–Crippen MR) is 215 cm³/mol. The van der Waals surface area contributed by atoms with Crippen molar-refractivity contribution >= 4 is 35.0 Å². The van der Waals surface area contributed by atoms with E-state index in [1.807, 2.05) is 50.2 Å². The lowest BCUT2D eigenvalue weighted by Gasteiger charge is -2.53. The van der Waals surface area contributed by atoms with Gasteiger partial charge in [-0.3, -0.25) is 38.8 Å². The first-order chi connectivity index (χ1) is 27.2. The third kappa shape index (κ3) is 6.66. The number of likely N-dealkylation sites (tertiary alicyclic amines) is 2. The zero-order chi connectivity index (χ0) is 39.1. The summed E-state index contributed by atoms with van der Waals surface area (Å²) in [6, 6.07) is 16.3. The Morgan fingerprint density at radius 1 is 0.554 bits per heavy atom. The maximum absolute atomic E-state index is 14.1. The van der Waals surface area contributed by atoms with Gasteiger partial charge in [0.15, 0.2) is 0 Å². The van der Waals surface area contributed by atoms with Gasteiger partial charge in [-0.1, -0.05) is 42.8 Å². The first kappa shape index (κ1) is 38.5. The summed E-state index contributed by atoms with van der Waals surface area (Å²) in [6.07, 6.45) is 5.30. The molecule has 4 unspecified atom stereocenters. The number of para-hydroxylation sites is 4. The SMILES string of the molecule is COc1ccccc1N1CCN(CCCCN2C(=O)C3C4C(C)=CC(C)(C3C2=O)C2C(=O)N(CCCCN3CCN(c5ccccc5OC)CC3)C(=O)C42)CC1. The lowest BCUT2D eigenvalue weighted by atomic mass is 9.46. The second-order valence-electron chi connectivity index (χ2n) is 16.9. The number of methoxy groups -OCH3 is 2. The van der Waals surface area contributed by atoms with Crippen molar-refractivity contribution in [3.63, 3.8) is 0 Å². The minimum absolute atomic E-state index is 0.156. The van der Waals surface area contributed by atoms with Crippen LogP contribution in [-0.2, 0) is 19.2 Å². The van der Waals surface area contributed by atoms with E-state index in [4.69, 9.17) is 9.47 Å². The van der Waals surface area contributed by atoms with Crippen molar-refractivity contribution in [1.82, 2.24) is 19.6 Å². The van der Waals surface area contributed by atoms with Crippen LogP contribution < -0.4 is 19.3 Å². The number of allylic oxidation sites excluding steroid dienone is 2. The smallest absolute Gasteiger partial charge is 0.234 e. The van der Waals surface area contributed by atoms with E-state index in [0.717, 1.165) is 120 Å². The van der Waals surface area contributed by atoms with Gasteiger partial charge in [-0.15, -0.1) is 0 Å². The number of amides is 4. The van der Waals surface area contributed by atoms with Crippen molar-refractivity contribution in [2.24, 2.45) is 35.0 Å². The fourth-order valence-corrected chi connectivity index (χ4v) is 11.1. The molecule has 56 heavy (non-hydrogen) atoms. The summed E-state index contributed by atoms with van der Waals surface area (Å²) in [5, 5.41) is 0. The second kappa shape index (κ2) is 15.8. The summed E-state index contributed by atoms with van der Waals surface area (Å²) in [7, 11) is 3.41. The molecule has 0 aromatic heterocycles. The van der Waals surface area contributed by atoms with E-state index in [2.05, 4.69) is 37.8 Å². The Morgan fingerprint density at radius 2 is 0.946 bits per heavy atom. The number of carbonyl (C=O) groups excluding carboxylic acids is 4. The molecule has 0 N–H and O–H groups in total. The molecule has 2 bridgehead atoms. The number of anilines is 2. The largest absolute Gasteiger partial charge is 0.495 e.